The summed E-state index contributed by atoms with van der Waals surface area (Å²) >= 11 is 0. The summed E-state index contributed by atoms with van der Waals surface area (Å²) in [4.78, 5) is 11.1. The van der Waals surface area contributed by atoms with Gasteiger partial charge in [0.15, 0.2) is 0 Å². The summed E-state index contributed by atoms with van der Waals surface area (Å²) in [5, 5.41) is 1.04. The number of hydrogen-bond acceptors (Lipinski definition) is 2. The molecule has 3 aliphatic rings. The molecule has 2 spiro atoms. The molecule has 0 saturated carbocycles. The Kier molecular flexibility index (Phi) is 7.92. The molecule has 61 heavy (non-hydrogen) atoms. The van der Waals surface area contributed by atoms with E-state index in [1.807, 2.05) is 6.08 Å². The van der Waals surface area contributed by atoms with E-state index in [0.29, 0.717) is 6.42 Å². The summed E-state index contributed by atoms with van der Waals surface area (Å²) in [5.41, 5.74) is 19.4. The second-order valence-corrected chi connectivity index (χ2v) is 16.3. The van der Waals surface area contributed by atoms with Crippen LogP contribution in [0.25, 0.3) is 55.5 Å². The van der Waals surface area contributed by atoms with Gasteiger partial charge in [-0.15, -0.1) is 0 Å². The van der Waals surface area contributed by atoms with Gasteiger partial charge in [-0.2, -0.15) is 0 Å². The van der Waals surface area contributed by atoms with Crippen molar-refractivity contribution in [3.63, 3.8) is 0 Å². The maximum Gasteiger partial charge on any atom is 0.133 e. The zero-order valence-electron chi connectivity index (χ0n) is 33.6. The molecular formula is C59H40N2. The van der Waals surface area contributed by atoms with Crippen molar-refractivity contribution >= 4 is 10.9 Å². The van der Waals surface area contributed by atoms with Crippen molar-refractivity contribution in [1.82, 2.24) is 9.97 Å². The van der Waals surface area contributed by atoms with Gasteiger partial charge in [0.2, 0.25) is 0 Å². The first-order chi connectivity index (χ1) is 30.2. The van der Waals surface area contributed by atoms with E-state index >= 15 is 0 Å². The van der Waals surface area contributed by atoms with Crippen molar-refractivity contribution in [3.05, 3.63) is 275 Å². The third-order valence-electron chi connectivity index (χ3n) is 13.5. The third-order valence-corrected chi connectivity index (χ3v) is 13.5. The quantitative estimate of drug-likeness (QED) is 0.157. The van der Waals surface area contributed by atoms with Crippen LogP contribution in [-0.2, 0) is 17.3 Å². The molecule has 2 nitrogen and oxygen atoms in total. The number of aromatic nitrogens is 2. The molecule has 0 aliphatic heterocycles. The zero-order chi connectivity index (χ0) is 40.5. The van der Waals surface area contributed by atoms with E-state index in [9.17, 15) is 0 Å². The van der Waals surface area contributed by atoms with Crippen LogP contribution >= 0.6 is 0 Å². The fourth-order valence-corrected chi connectivity index (χ4v) is 11.2. The fraction of sp³-hybridized carbons (Fsp3) is 0.0508. The van der Waals surface area contributed by atoms with Crippen molar-refractivity contribution < 1.29 is 0 Å². The van der Waals surface area contributed by atoms with E-state index in [0.717, 1.165) is 28.0 Å². The first-order valence-electron chi connectivity index (χ1n) is 21.2. The highest BCUT2D eigenvalue weighted by molar-refractivity contribution is 5.95. The number of allylic oxidation sites excluding steroid dienone is 5. The van der Waals surface area contributed by atoms with Gasteiger partial charge in [-0.1, -0.05) is 219 Å². The highest BCUT2D eigenvalue weighted by Gasteiger charge is 2.59. The van der Waals surface area contributed by atoms with Crippen LogP contribution in [0.1, 0.15) is 39.2 Å². The summed E-state index contributed by atoms with van der Waals surface area (Å²) < 4.78 is 0. The average Bonchev–Trinajstić information content (AvgIpc) is 3.79. The van der Waals surface area contributed by atoms with Crippen molar-refractivity contribution in [3.8, 4) is 44.6 Å². The Hall–Kier alpha value is -7.68. The van der Waals surface area contributed by atoms with Gasteiger partial charge in [-0.05, 0) is 84.0 Å². The molecule has 0 unspecified atom stereocenters. The van der Waals surface area contributed by atoms with Gasteiger partial charge in [0.1, 0.15) is 5.82 Å². The Morgan fingerprint density at radius 3 is 1.43 bits per heavy atom. The lowest BCUT2D eigenvalue weighted by Gasteiger charge is -2.49. The van der Waals surface area contributed by atoms with Crippen LogP contribution in [0.4, 0.5) is 0 Å². The van der Waals surface area contributed by atoms with Crippen LogP contribution < -0.4 is 0 Å². The number of nitrogens with zero attached hydrogens (tertiary/aromatic N) is 2. The summed E-state index contributed by atoms with van der Waals surface area (Å²) in [6, 6.07) is 73.2. The predicted molar refractivity (Wildman–Crippen MR) is 250 cm³/mol. The SMILES string of the molecule is C=C/C=C\C1=C(Cc2nc(-c3ccc(-c4ccccc4)cc3)c3ccccc3n2)C2(c3ccccc3-c3ccccc32)c2ccccc2C12c1ccccc1-c1ccccc12. The topological polar surface area (TPSA) is 25.8 Å². The molecule has 0 N–H and O–H groups in total. The molecule has 3 aliphatic carbocycles. The Morgan fingerprint density at radius 2 is 0.852 bits per heavy atom. The van der Waals surface area contributed by atoms with E-state index < -0.39 is 10.8 Å². The molecule has 8 aromatic carbocycles. The van der Waals surface area contributed by atoms with Crippen molar-refractivity contribution in [2.45, 2.75) is 17.3 Å². The molecule has 0 fully saturated rings. The molecule has 2 heteroatoms. The molecule has 1 heterocycles. The van der Waals surface area contributed by atoms with Crippen LogP contribution in [0.15, 0.2) is 236 Å². The van der Waals surface area contributed by atoms with Crippen molar-refractivity contribution in [2.75, 3.05) is 0 Å². The minimum Gasteiger partial charge on any atom is -0.233 e. The van der Waals surface area contributed by atoms with Gasteiger partial charge in [-0.25, -0.2) is 9.97 Å². The Labute approximate surface area is 356 Å². The smallest absolute Gasteiger partial charge is 0.133 e. The third kappa shape index (κ3) is 4.91. The molecule has 0 atom stereocenters. The Balaban J connectivity index is 1.20. The van der Waals surface area contributed by atoms with Crippen LogP contribution in [0.3, 0.4) is 0 Å². The van der Waals surface area contributed by atoms with E-state index in [1.54, 1.807) is 0 Å². The predicted octanol–water partition coefficient (Wildman–Crippen LogP) is 13.9. The highest BCUT2D eigenvalue weighted by Crippen LogP contribution is 2.67. The van der Waals surface area contributed by atoms with Crippen molar-refractivity contribution in [1.29, 1.82) is 0 Å². The monoisotopic (exact) mass is 776 g/mol. The summed E-state index contributed by atoms with van der Waals surface area (Å²) in [5.74, 6) is 0.788. The molecule has 12 rings (SSSR count). The van der Waals surface area contributed by atoms with E-state index in [2.05, 4.69) is 219 Å². The van der Waals surface area contributed by atoms with Gasteiger partial charge < -0.3 is 0 Å². The molecular weight excluding hydrogens is 737 g/mol. The van der Waals surface area contributed by atoms with Crippen LogP contribution in [0, 0.1) is 0 Å². The number of hydrogen-bond donors (Lipinski definition) is 0. The van der Waals surface area contributed by atoms with Gasteiger partial charge in [-0.3, -0.25) is 0 Å². The second-order valence-electron chi connectivity index (χ2n) is 16.3. The Bertz CT molecular complexity index is 3200. The van der Waals surface area contributed by atoms with E-state index in [4.69, 9.17) is 9.97 Å². The molecule has 0 radical (unpaired) electrons. The molecule has 9 aromatic rings. The van der Waals surface area contributed by atoms with Gasteiger partial charge in [0.05, 0.1) is 22.0 Å². The normalized spacial score (nSPS) is 14.8. The standard InChI is InChI=1S/C59H40N2/c1-2-3-26-53-54(38-56-60-55-33-18-11-25-46(55)57(61-56)41-36-34-40(35-37-41)39-19-5-4-6-20-39)59(49-29-14-9-23-44(49)45-24-10-15-30-50(45)59)52-32-17-16-31-51(52)58(53)47-27-12-7-21-42(47)43-22-8-13-28-48(43)58/h2-37H,1,38H2/b26-3-. The molecule has 0 bridgehead atoms. The van der Waals surface area contributed by atoms with Gasteiger partial charge in [0.25, 0.3) is 0 Å². The minimum absolute atomic E-state index is 0.514. The van der Waals surface area contributed by atoms with Crippen LogP contribution in [-0.4, -0.2) is 9.97 Å². The summed E-state index contributed by atoms with van der Waals surface area (Å²) in [6.45, 7) is 4.23. The van der Waals surface area contributed by atoms with Crippen molar-refractivity contribution in [2.24, 2.45) is 0 Å². The first-order valence-corrected chi connectivity index (χ1v) is 21.2. The molecule has 1 aromatic heterocycles. The van der Waals surface area contributed by atoms with Crippen LogP contribution in [0.2, 0.25) is 0 Å². The largest absolute Gasteiger partial charge is 0.233 e. The Morgan fingerprint density at radius 1 is 0.410 bits per heavy atom. The van der Waals surface area contributed by atoms with E-state index in [-0.39, 0.29) is 0 Å². The fourth-order valence-electron chi connectivity index (χ4n) is 11.2. The number of benzene rings is 8. The summed E-state index contributed by atoms with van der Waals surface area (Å²) in [7, 11) is 0. The average molecular weight is 777 g/mol. The second kappa shape index (κ2) is 13.7. The molecule has 0 amide bonds. The number of rotatable bonds is 6. The lowest BCUT2D eigenvalue weighted by Crippen LogP contribution is -2.44. The van der Waals surface area contributed by atoms with E-state index in [1.165, 1.54) is 77.9 Å². The maximum absolute atomic E-state index is 5.62. The minimum atomic E-state index is -0.644. The maximum atomic E-state index is 5.62. The zero-order valence-corrected chi connectivity index (χ0v) is 33.6. The lowest BCUT2D eigenvalue weighted by atomic mass is 9.51. The van der Waals surface area contributed by atoms with Crippen LogP contribution in [0.5, 0.6) is 0 Å². The van der Waals surface area contributed by atoms with Gasteiger partial charge in [0, 0.05) is 17.4 Å². The first kappa shape index (κ1) is 35.3. The lowest BCUT2D eigenvalue weighted by molar-refractivity contribution is 0.604. The van der Waals surface area contributed by atoms with Gasteiger partial charge >= 0.3 is 0 Å². The number of para-hydroxylation sites is 1. The number of fused-ring (bicyclic) bond motifs is 14. The molecule has 0 saturated heterocycles. The summed E-state index contributed by atoms with van der Waals surface area (Å²) in [6.07, 6.45) is 6.92. The highest BCUT2D eigenvalue weighted by atomic mass is 14.9. The molecule has 286 valence electrons.